The monoisotopic (exact) mass is 577 g/mol. The van der Waals surface area contributed by atoms with Gasteiger partial charge in [-0.3, -0.25) is 4.79 Å². The third-order valence-electron chi connectivity index (χ3n) is 5.46. The molecule has 210 valence electrons. The Balaban J connectivity index is 1.64. The molecule has 0 unspecified atom stereocenters. The summed E-state index contributed by atoms with van der Waals surface area (Å²) in [6, 6.07) is 13.5. The molecule has 5 N–H and O–H groups in total. The van der Waals surface area contributed by atoms with Crippen LogP contribution in [-0.2, 0) is 26.3 Å². The number of thiazole rings is 1. The lowest BCUT2D eigenvalue weighted by Gasteiger charge is -2.17. The number of ether oxygens (including phenoxy) is 3. The number of aromatic nitrogens is 1. The van der Waals surface area contributed by atoms with Gasteiger partial charge in [0.25, 0.3) is 10.2 Å². The highest BCUT2D eigenvalue weighted by molar-refractivity contribution is 7.87. The molecule has 0 bridgehead atoms. The number of rotatable bonds is 14. The SMILES string of the molecule is COc1ccc(-c2csc(NC(=O)[C@H](CCCCNS(N)(=O)=O)NC(=O)OCc3ccccc3)n2)cc1OC. The summed E-state index contributed by atoms with van der Waals surface area (Å²) in [5, 5.41) is 12.4. The van der Waals surface area contributed by atoms with E-state index < -0.39 is 28.3 Å². The number of carbonyl (C=O) groups excluding carboxylic acids is 2. The zero-order valence-corrected chi connectivity index (χ0v) is 23.1. The van der Waals surface area contributed by atoms with Gasteiger partial charge in [-0.2, -0.15) is 8.42 Å². The molecule has 0 aliphatic carbocycles. The fourth-order valence-corrected chi connectivity index (χ4v) is 4.67. The van der Waals surface area contributed by atoms with Crippen molar-refractivity contribution < 1.29 is 32.2 Å². The summed E-state index contributed by atoms with van der Waals surface area (Å²) in [5.74, 6) is 0.639. The van der Waals surface area contributed by atoms with Crippen LogP contribution in [0.4, 0.5) is 9.93 Å². The molecular formula is C25H31N5O7S2. The minimum absolute atomic E-state index is 0.0421. The number of alkyl carbamates (subject to hydrolysis) is 1. The first kappa shape index (κ1) is 29.8. The van der Waals surface area contributed by atoms with Crippen LogP contribution in [0.3, 0.4) is 0 Å². The lowest BCUT2D eigenvalue weighted by Crippen LogP contribution is -2.44. The van der Waals surface area contributed by atoms with Crippen LogP contribution in [0.1, 0.15) is 24.8 Å². The molecule has 0 saturated carbocycles. The molecular weight excluding hydrogens is 546 g/mol. The normalized spacial score (nSPS) is 11.9. The minimum Gasteiger partial charge on any atom is -0.493 e. The van der Waals surface area contributed by atoms with E-state index in [4.69, 9.17) is 19.3 Å². The van der Waals surface area contributed by atoms with Crippen molar-refractivity contribution in [3.05, 3.63) is 59.5 Å². The van der Waals surface area contributed by atoms with Crippen LogP contribution < -0.4 is 30.0 Å². The van der Waals surface area contributed by atoms with E-state index in [1.54, 1.807) is 24.6 Å². The van der Waals surface area contributed by atoms with Crippen molar-refractivity contribution in [2.45, 2.75) is 31.9 Å². The Morgan fingerprint density at radius 3 is 2.49 bits per heavy atom. The summed E-state index contributed by atoms with van der Waals surface area (Å²) >= 11 is 1.22. The Kier molecular flexibility index (Phi) is 11.0. The third-order valence-corrected chi connectivity index (χ3v) is 6.82. The van der Waals surface area contributed by atoms with Crippen molar-refractivity contribution in [2.75, 3.05) is 26.1 Å². The highest BCUT2D eigenvalue weighted by atomic mass is 32.2. The average Bonchev–Trinajstić information content (AvgIpc) is 3.39. The summed E-state index contributed by atoms with van der Waals surface area (Å²) in [6.07, 6.45) is 0.300. The third kappa shape index (κ3) is 9.83. The second-order valence-electron chi connectivity index (χ2n) is 8.29. The molecule has 3 rings (SSSR count). The van der Waals surface area contributed by atoms with E-state index in [1.165, 1.54) is 18.4 Å². The second kappa shape index (κ2) is 14.4. The number of nitrogens with two attached hydrogens (primary N) is 1. The van der Waals surface area contributed by atoms with Crippen molar-refractivity contribution in [1.82, 2.24) is 15.0 Å². The van der Waals surface area contributed by atoms with Gasteiger partial charge in [-0.25, -0.2) is 19.6 Å². The maximum absolute atomic E-state index is 13.1. The van der Waals surface area contributed by atoms with Crippen molar-refractivity contribution in [3.8, 4) is 22.8 Å². The highest BCUT2D eigenvalue weighted by Gasteiger charge is 2.23. The molecule has 2 aromatic carbocycles. The molecule has 0 radical (unpaired) electrons. The van der Waals surface area contributed by atoms with Gasteiger partial charge in [0.1, 0.15) is 12.6 Å². The molecule has 3 aromatic rings. The molecule has 1 atom stereocenters. The Labute approximate surface area is 231 Å². The van der Waals surface area contributed by atoms with E-state index >= 15 is 0 Å². The molecule has 1 aromatic heterocycles. The number of unbranched alkanes of at least 4 members (excludes halogenated alkanes) is 1. The fraction of sp³-hybridized carbons (Fsp3) is 0.320. The largest absolute Gasteiger partial charge is 0.493 e. The van der Waals surface area contributed by atoms with Crippen LogP contribution in [0, 0.1) is 0 Å². The summed E-state index contributed by atoms with van der Waals surface area (Å²) < 4.78 is 40.2. The lowest BCUT2D eigenvalue weighted by molar-refractivity contribution is -0.118. The number of carbonyl (C=O) groups is 2. The zero-order chi connectivity index (χ0) is 28.3. The van der Waals surface area contributed by atoms with E-state index in [1.807, 2.05) is 36.4 Å². The van der Waals surface area contributed by atoms with Crippen LogP contribution in [0.25, 0.3) is 11.3 Å². The first-order valence-corrected chi connectivity index (χ1v) is 14.3. The summed E-state index contributed by atoms with van der Waals surface area (Å²) in [5.41, 5.74) is 2.19. The highest BCUT2D eigenvalue weighted by Crippen LogP contribution is 2.33. The molecule has 0 spiro atoms. The number of hydrogen-bond donors (Lipinski definition) is 4. The van der Waals surface area contributed by atoms with Gasteiger partial charge in [0.05, 0.1) is 19.9 Å². The molecule has 12 nitrogen and oxygen atoms in total. The number of hydrogen-bond acceptors (Lipinski definition) is 9. The van der Waals surface area contributed by atoms with E-state index in [-0.39, 0.29) is 19.6 Å². The molecule has 0 aliphatic heterocycles. The maximum atomic E-state index is 13.1. The standard InChI is InChI=1S/C25H31N5O7S2/c1-35-21-12-11-18(14-22(21)36-2)20-16-38-24(28-20)30-23(31)19(10-6-7-13-27-39(26,33)34)29-25(32)37-15-17-8-4-3-5-9-17/h3-5,8-9,11-12,14,16,19,27H,6-7,10,13,15H2,1-2H3,(H,29,32)(H2,26,33,34)(H,28,30,31)/t19-/m0/s1. The zero-order valence-electron chi connectivity index (χ0n) is 21.5. The van der Waals surface area contributed by atoms with E-state index in [2.05, 4.69) is 20.3 Å². The number of benzene rings is 2. The van der Waals surface area contributed by atoms with Crippen molar-refractivity contribution >= 4 is 38.7 Å². The topological polar surface area (TPSA) is 171 Å². The first-order chi connectivity index (χ1) is 18.7. The Morgan fingerprint density at radius 1 is 1.05 bits per heavy atom. The van der Waals surface area contributed by atoms with Gasteiger partial charge in [-0.05, 0) is 43.0 Å². The molecule has 1 heterocycles. The summed E-state index contributed by atoms with van der Waals surface area (Å²) in [7, 11) is -0.717. The number of anilines is 1. The van der Waals surface area contributed by atoms with Crippen LogP contribution in [0.5, 0.6) is 11.5 Å². The Hall–Kier alpha value is -3.72. The van der Waals surface area contributed by atoms with Crippen LogP contribution >= 0.6 is 11.3 Å². The minimum atomic E-state index is -3.80. The number of methoxy groups -OCH3 is 2. The Morgan fingerprint density at radius 2 is 1.79 bits per heavy atom. The van der Waals surface area contributed by atoms with Gasteiger partial charge in [0, 0.05) is 17.5 Å². The number of amides is 2. The van der Waals surface area contributed by atoms with Crippen molar-refractivity contribution in [1.29, 1.82) is 0 Å². The predicted octanol–water partition coefficient (Wildman–Crippen LogP) is 3.02. The van der Waals surface area contributed by atoms with Crippen LogP contribution in [0.15, 0.2) is 53.9 Å². The van der Waals surface area contributed by atoms with E-state index in [0.29, 0.717) is 35.2 Å². The van der Waals surface area contributed by atoms with Crippen LogP contribution in [0.2, 0.25) is 0 Å². The van der Waals surface area contributed by atoms with Crippen LogP contribution in [-0.4, -0.2) is 52.2 Å². The molecule has 2 amide bonds. The smallest absolute Gasteiger partial charge is 0.408 e. The predicted molar refractivity (Wildman–Crippen MR) is 148 cm³/mol. The molecule has 0 aliphatic rings. The molecule has 14 heteroatoms. The van der Waals surface area contributed by atoms with E-state index in [9.17, 15) is 18.0 Å². The number of nitrogens with zero attached hydrogens (tertiary/aromatic N) is 1. The van der Waals surface area contributed by atoms with Gasteiger partial charge in [0.2, 0.25) is 5.91 Å². The van der Waals surface area contributed by atoms with Gasteiger partial charge in [-0.15, -0.1) is 11.3 Å². The Bertz CT molecular complexity index is 1350. The quantitative estimate of drug-likeness (QED) is 0.212. The summed E-state index contributed by atoms with van der Waals surface area (Å²) in [6.45, 7) is 0.146. The molecule has 0 saturated heterocycles. The molecule has 39 heavy (non-hydrogen) atoms. The van der Waals surface area contributed by atoms with Crippen molar-refractivity contribution in [3.63, 3.8) is 0 Å². The fourth-order valence-electron chi connectivity index (χ4n) is 3.52. The van der Waals surface area contributed by atoms with Gasteiger partial charge in [0.15, 0.2) is 16.6 Å². The number of nitrogens with one attached hydrogen (secondary N) is 3. The van der Waals surface area contributed by atoms with Gasteiger partial charge in [-0.1, -0.05) is 30.3 Å². The second-order valence-corrected chi connectivity index (χ2v) is 10.5. The lowest BCUT2D eigenvalue weighted by atomic mass is 10.1. The van der Waals surface area contributed by atoms with E-state index in [0.717, 1.165) is 11.1 Å². The van der Waals surface area contributed by atoms with Gasteiger partial charge < -0.3 is 24.8 Å². The summed E-state index contributed by atoms with van der Waals surface area (Å²) in [4.78, 5) is 30.0. The van der Waals surface area contributed by atoms with Gasteiger partial charge >= 0.3 is 6.09 Å². The van der Waals surface area contributed by atoms with Crippen molar-refractivity contribution in [2.24, 2.45) is 5.14 Å². The maximum Gasteiger partial charge on any atom is 0.408 e. The average molecular weight is 578 g/mol. The first-order valence-electron chi connectivity index (χ1n) is 11.9. The molecule has 0 fully saturated rings.